The minimum absolute atomic E-state index is 0.0887. The Morgan fingerprint density at radius 2 is 1.55 bits per heavy atom. The smallest absolute Gasteiger partial charge is 0.259 e. The van der Waals surface area contributed by atoms with Crippen molar-refractivity contribution in [2.45, 2.75) is 0 Å². The molecule has 1 aliphatic rings. The molecule has 2 aromatic heterocycles. The molecule has 150 valence electrons. The van der Waals surface area contributed by atoms with Gasteiger partial charge in [-0.2, -0.15) is 5.10 Å². The van der Waals surface area contributed by atoms with E-state index in [1.165, 1.54) is 17.2 Å². The van der Waals surface area contributed by atoms with Crippen molar-refractivity contribution in [3.8, 4) is 5.82 Å². The predicted octanol–water partition coefficient (Wildman–Crippen LogP) is 2.09. The van der Waals surface area contributed by atoms with Gasteiger partial charge in [-0.15, -0.1) is 0 Å². The molecule has 0 bridgehead atoms. The van der Waals surface area contributed by atoms with Crippen LogP contribution in [0.4, 0.5) is 8.78 Å². The molecule has 0 spiro atoms. The quantitative estimate of drug-likeness (QED) is 0.678. The lowest BCUT2D eigenvalue weighted by Gasteiger charge is -2.34. The Hall–Kier alpha value is -3.49. The van der Waals surface area contributed by atoms with Crippen LogP contribution in [0.25, 0.3) is 5.82 Å². The largest absolute Gasteiger partial charge is 0.335 e. The molecular formula is C20H19F2N5O2. The first-order valence-electron chi connectivity index (χ1n) is 9.14. The van der Waals surface area contributed by atoms with Gasteiger partial charge in [0.15, 0.2) is 11.6 Å². The number of halogens is 2. The number of amides is 2. The average molecular weight is 399 g/mol. The molecule has 3 heterocycles. The summed E-state index contributed by atoms with van der Waals surface area (Å²) in [6.07, 6.45) is 5.22. The van der Waals surface area contributed by atoms with Gasteiger partial charge in [0.2, 0.25) is 0 Å². The molecule has 1 fully saturated rings. The zero-order valence-corrected chi connectivity index (χ0v) is 15.8. The van der Waals surface area contributed by atoms with E-state index in [1.54, 1.807) is 16.6 Å². The second-order valence-corrected chi connectivity index (χ2v) is 6.81. The molecule has 0 radical (unpaired) electrons. The van der Waals surface area contributed by atoms with Crippen LogP contribution in [0.3, 0.4) is 0 Å². The van der Waals surface area contributed by atoms with Gasteiger partial charge in [-0.1, -0.05) is 0 Å². The molecule has 29 heavy (non-hydrogen) atoms. The fraction of sp³-hybridized carbons (Fsp3) is 0.250. The molecule has 0 unspecified atom stereocenters. The molecular weight excluding hydrogens is 380 g/mol. The number of rotatable bonds is 3. The maximum Gasteiger partial charge on any atom is 0.259 e. The Morgan fingerprint density at radius 1 is 0.931 bits per heavy atom. The molecule has 1 aromatic carbocycles. The molecule has 2 amide bonds. The minimum Gasteiger partial charge on any atom is -0.335 e. The Morgan fingerprint density at radius 3 is 2.17 bits per heavy atom. The molecule has 0 N–H and O–H groups in total. The van der Waals surface area contributed by atoms with E-state index >= 15 is 0 Å². The zero-order chi connectivity index (χ0) is 20.5. The maximum absolute atomic E-state index is 13.4. The zero-order valence-electron chi connectivity index (χ0n) is 15.8. The Kier molecular flexibility index (Phi) is 4.87. The van der Waals surface area contributed by atoms with Gasteiger partial charge < -0.3 is 14.4 Å². The van der Waals surface area contributed by atoms with Crippen molar-refractivity contribution in [1.82, 2.24) is 24.1 Å². The highest BCUT2D eigenvalue weighted by Crippen LogP contribution is 2.18. The molecule has 0 aliphatic carbocycles. The molecule has 0 saturated carbocycles. The van der Waals surface area contributed by atoms with Gasteiger partial charge in [0.25, 0.3) is 11.8 Å². The van der Waals surface area contributed by atoms with Crippen LogP contribution in [-0.2, 0) is 7.05 Å². The summed E-state index contributed by atoms with van der Waals surface area (Å²) in [6.45, 7) is 1.30. The number of piperazine rings is 1. The van der Waals surface area contributed by atoms with E-state index in [0.717, 1.165) is 12.1 Å². The van der Waals surface area contributed by atoms with Crippen molar-refractivity contribution >= 4 is 11.8 Å². The highest BCUT2D eigenvalue weighted by molar-refractivity contribution is 5.98. The lowest BCUT2D eigenvalue weighted by atomic mass is 10.1. The predicted molar refractivity (Wildman–Crippen MR) is 101 cm³/mol. The van der Waals surface area contributed by atoms with Crippen molar-refractivity contribution in [3.63, 3.8) is 0 Å². The number of aryl methyl sites for hydroxylation is 1. The van der Waals surface area contributed by atoms with E-state index in [2.05, 4.69) is 5.10 Å². The monoisotopic (exact) mass is 399 g/mol. The molecule has 9 heteroatoms. The van der Waals surface area contributed by atoms with Crippen LogP contribution in [0.1, 0.15) is 20.7 Å². The second-order valence-electron chi connectivity index (χ2n) is 6.81. The number of carbonyl (C=O) groups excluding carboxylic acids is 2. The highest BCUT2D eigenvalue weighted by atomic mass is 19.2. The SMILES string of the molecule is Cn1ncc(C(=O)N2CCN(C(=O)c3ccc(F)c(F)c3)CC2)c1-n1cccc1. The fourth-order valence-electron chi connectivity index (χ4n) is 3.46. The van der Waals surface area contributed by atoms with Crippen LogP contribution in [0.15, 0.2) is 48.9 Å². The number of benzene rings is 1. The molecule has 1 aliphatic heterocycles. The molecule has 7 nitrogen and oxygen atoms in total. The van der Waals surface area contributed by atoms with Crippen LogP contribution in [0, 0.1) is 11.6 Å². The van der Waals surface area contributed by atoms with E-state index in [9.17, 15) is 18.4 Å². The van der Waals surface area contributed by atoms with E-state index in [0.29, 0.717) is 37.6 Å². The van der Waals surface area contributed by atoms with Gasteiger partial charge in [-0.05, 0) is 30.3 Å². The lowest BCUT2D eigenvalue weighted by Crippen LogP contribution is -2.50. The first kappa shape index (κ1) is 18.9. The van der Waals surface area contributed by atoms with Gasteiger partial charge in [0.1, 0.15) is 11.4 Å². The Labute approximate surface area is 165 Å². The van der Waals surface area contributed by atoms with E-state index < -0.39 is 11.6 Å². The number of nitrogens with zero attached hydrogens (tertiary/aromatic N) is 5. The first-order chi connectivity index (χ1) is 14.0. The van der Waals surface area contributed by atoms with E-state index in [4.69, 9.17) is 0 Å². The summed E-state index contributed by atoms with van der Waals surface area (Å²) >= 11 is 0. The van der Waals surface area contributed by atoms with Crippen LogP contribution in [0.5, 0.6) is 0 Å². The van der Waals surface area contributed by atoms with Crippen LogP contribution in [-0.4, -0.2) is 62.1 Å². The normalized spacial score (nSPS) is 14.3. The molecule has 1 saturated heterocycles. The summed E-state index contributed by atoms with van der Waals surface area (Å²) in [5, 5.41) is 4.20. The summed E-state index contributed by atoms with van der Waals surface area (Å²) in [7, 11) is 1.77. The van der Waals surface area contributed by atoms with Gasteiger partial charge in [0.05, 0.1) is 6.20 Å². The summed E-state index contributed by atoms with van der Waals surface area (Å²) in [4.78, 5) is 28.8. The Bertz CT molecular complexity index is 1050. The van der Waals surface area contributed by atoms with Gasteiger partial charge in [-0.3, -0.25) is 14.3 Å². The van der Waals surface area contributed by atoms with Crippen LogP contribution < -0.4 is 0 Å². The van der Waals surface area contributed by atoms with Crippen molar-refractivity contribution in [1.29, 1.82) is 0 Å². The summed E-state index contributed by atoms with van der Waals surface area (Å²) < 4.78 is 30.0. The topological polar surface area (TPSA) is 63.4 Å². The number of hydrogen-bond donors (Lipinski definition) is 0. The highest BCUT2D eigenvalue weighted by Gasteiger charge is 2.28. The average Bonchev–Trinajstić information content (AvgIpc) is 3.38. The van der Waals surface area contributed by atoms with Gasteiger partial charge in [0, 0.05) is 51.2 Å². The van der Waals surface area contributed by atoms with Gasteiger partial charge in [-0.25, -0.2) is 8.78 Å². The van der Waals surface area contributed by atoms with Crippen LogP contribution >= 0.6 is 0 Å². The summed E-state index contributed by atoms with van der Waals surface area (Å²) in [5.74, 6) is -1.93. The van der Waals surface area contributed by atoms with E-state index in [-0.39, 0.29) is 17.4 Å². The first-order valence-corrected chi connectivity index (χ1v) is 9.14. The van der Waals surface area contributed by atoms with Crippen LogP contribution in [0.2, 0.25) is 0 Å². The Balaban J connectivity index is 1.46. The third-order valence-corrected chi connectivity index (χ3v) is 5.01. The lowest BCUT2D eigenvalue weighted by molar-refractivity contribution is 0.0535. The number of aromatic nitrogens is 3. The number of hydrogen-bond acceptors (Lipinski definition) is 3. The summed E-state index contributed by atoms with van der Waals surface area (Å²) in [5.41, 5.74) is 0.565. The fourth-order valence-corrected chi connectivity index (χ4v) is 3.46. The van der Waals surface area contributed by atoms with Gasteiger partial charge >= 0.3 is 0 Å². The van der Waals surface area contributed by atoms with E-state index in [1.807, 2.05) is 29.1 Å². The minimum atomic E-state index is -1.06. The van der Waals surface area contributed by atoms with Crippen molar-refractivity contribution in [3.05, 3.63) is 71.7 Å². The molecule has 3 aromatic rings. The number of carbonyl (C=O) groups is 2. The van der Waals surface area contributed by atoms with Crippen molar-refractivity contribution in [2.75, 3.05) is 26.2 Å². The second kappa shape index (κ2) is 7.50. The van der Waals surface area contributed by atoms with Crippen molar-refractivity contribution < 1.29 is 18.4 Å². The molecule has 0 atom stereocenters. The van der Waals surface area contributed by atoms with Crippen molar-refractivity contribution in [2.24, 2.45) is 7.05 Å². The third kappa shape index (κ3) is 3.51. The maximum atomic E-state index is 13.4. The third-order valence-electron chi connectivity index (χ3n) is 5.01. The molecule has 4 rings (SSSR count). The standard InChI is InChI=1S/C20H19F2N5O2/c1-24-18(25-6-2-3-7-25)15(13-23-24)20(29)27-10-8-26(9-11-27)19(28)14-4-5-16(21)17(22)12-14/h2-7,12-13H,8-11H2,1H3. The summed E-state index contributed by atoms with van der Waals surface area (Å²) in [6, 6.07) is 6.83.